The van der Waals surface area contributed by atoms with Crippen LogP contribution in [0.15, 0.2) is 60.7 Å². The van der Waals surface area contributed by atoms with Gasteiger partial charge in [0.25, 0.3) is 0 Å². The molecule has 4 rings (SSSR count). The van der Waals surface area contributed by atoms with Crippen molar-refractivity contribution in [2.45, 2.75) is 39.5 Å². The van der Waals surface area contributed by atoms with E-state index in [1.807, 2.05) is 23.9 Å². The number of hydrogen-bond donors (Lipinski definition) is 1. The van der Waals surface area contributed by atoms with E-state index in [1.54, 1.807) is 12.1 Å². The standard InChI is InChI=1S/C27H28O2S/c1-17(2)16-30-25-11-12-27(3,4)24-15-21-10-9-20(13-22(21)14-23(24)25)18-5-7-19(8-6-18)26(28)29/h5-11,13-15,17H,12,16H2,1-4H3,(H,28,29). The number of carbonyl (C=O) groups is 1. The summed E-state index contributed by atoms with van der Waals surface area (Å²) >= 11 is 1.97. The largest absolute Gasteiger partial charge is 0.478 e. The highest BCUT2D eigenvalue weighted by Gasteiger charge is 2.28. The first-order valence-electron chi connectivity index (χ1n) is 10.5. The van der Waals surface area contributed by atoms with Gasteiger partial charge in [-0.05, 0) is 81.1 Å². The van der Waals surface area contributed by atoms with E-state index in [0.717, 1.165) is 23.3 Å². The van der Waals surface area contributed by atoms with Crippen molar-refractivity contribution in [3.8, 4) is 11.1 Å². The number of carboxylic acid groups (broad SMARTS) is 1. The number of rotatable bonds is 5. The van der Waals surface area contributed by atoms with Crippen molar-refractivity contribution < 1.29 is 9.90 Å². The summed E-state index contributed by atoms with van der Waals surface area (Å²) in [5.74, 6) is 0.891. The maximum Gasteiger partial charge on any atom is 0.335 e. The Kier molecular flexibility index (Phi) is 5.50. The molecule has 154 valence electrons. The van der Waals surface area contributed by atoms with Gasteiger partial charge in [0.15, 0.2) is 0 Å². The van der Waals surface area contributed by atoms with Crippen molar-refractivity contribution in [3.63, 3.8) is 0 Å². The van der Waals surface area contributed by atoms with Gasteiger partial charge in [-0.3, -0.25) is 0 Å². The maximum absolute atomic E-state index is 11.1. The quantitative estimate of drug-likeness (QED) is 0.465. The smallest absolute Gasteiger partial charge is 0.335 e. The van der Waals surface area contributed by atoms with E-state index in [9.17, 15) is 4.79 Å². The molecule has 1 N–H and O–H groups in total. The van der Waals surface area contributed by atoms with Gasteiger partial charge in [0.2, 0.25) is 0 Å². The van der Waals surface area contributed by atoms with Crippen LogP contribution in [0.3, 0.4) is 0 Å². The van der Waals surface area contributed by atoms with Gasteiger partial charge in [-0.1, -0.05) is 58.0 Å². The molecule has 0 saturated carbocycles. The molecule has 0 atom stereocenters. The fraction of sp³-hybridized carbons (Fsp3) is 0.296. The van der Waals surface area contributed by atoms with Crippen LogP contribution in [-0.2, 0) is 5.41 Å². The van der Waals surface area contributed by atoms with E-state index >= 15 is 0 Å². The average Bonchev–Trinajstić information content (AvgIpc) is 2.72. The number of thioether (sulfide) groups is 1. The van der Waals surface area contributed by atoms with Crippen LogP contribution in [0, 0.1) is 5.92 Å². The molecule has 0 amide bonds. The third kappa shape index (κ3) is 4.04. The van der Waals surface area contributed by atoms with E-state index in [1.165, 1.54) is 26.8 Å². The molecule has 2 nitrogen and oxygen atoms in total. The van der Waals surface area contributed by atoms with Gasteiger partial charge in [0.1, 0.15) is 0 Å². The Balaban J connectivity index is 1.78. The van der Waals surface area contributed by atoms with Crippen LogP contribution in [0.2, 0.25) is 0 Å². The summed E-state index contributed by atoms with van der Waals surface area (Å²) in [4.78, 5) is 12.5. The van der Waals surface area contributed by atoms with Crippen molar-refractivity contribution >= 4 is 33.4 Å². The molecule has 1 aliphatic rings. The van der Waals surface area contributed by atoms with Crippen molar-refractivity contribution in [1.29, 1.82) is 0 Å². The SMILES string of the molecule is CC(C)CSC1=CCC(C)(C)c2cc3ccc(-c4ccc(C(=O)O)cc4)cc3cc21. The molecule has 3 aromatic carbocycles. The molecule has 0 unspecified atom stereocenters. The van der Waals surface area contributed by atoms with Crippen molar-refractivity contribution in [2.24, 2.45) is 5.92 Å². The van der Waals surface area contributed by atoms with Crippen LogP contribution in [0.4, 0.5) is 0 Å². The summed E-state index contributed by atoms with van der Waals surface area (Å²) in [6.45, 7) is 9.19. The lowest BCUT2D eigenvalue weighted by atomic mass is 9.75. The zero-order valence-corrected chi connectivity index (χ0v) is 18.8. The summed E-state index contributed by atoms with van der Waals surface area (Å²) in [6.07, 6.45) is 3.48. The maximum atomic E-state index is 11.1. The molecule has 3 aromatic rings. The lowest BCUT2D eigenvalue weighted by molar-refractivity contribution is 0.0697. The highest BCUT2D eigenvalue weighted by Crippen LogP contribution is 2.45. The first-order chi connectivity index (χ1) is 14.2. The number of allylic oxidation sites excluding steroid dienone is 1. The Bertz CT molecular complexity index is 1140. The van der Waals surface area contributed by atoms with Gasteiger partial charge in [-0.25, -0.2) is 4.79 Å². The molecule has 0 aromatic heterocycles. The molecule has 0 aliphatic heterocycles. The minimum absolute atomic E-state index is 0.136. The van der Waals surface area contributed by atoms with Gasteiger partial charge in [-0.2, -0.15) is 0 Å². The predicted octanol–water partition coefficient (Wildman–Crippen LogP) is 7.62. The number of aromatic carboxylic acids is 1. The van der Waals surface area contributed by atoms with Gasteiger partial charge >= 0.3 is 5.97 Å². The summed E-state index contributed by atoms with van der Waals surface area (Å²) in [6, 6.07) is 18.4. The van der Waals surface area contributed by atoms with Crippen LogP contribution < -0.4 is 0 Å². The van der Waals surface area contributed by atoms with E-state index in [0.29, 0.717) is 11.5 Å². The molecule has 0 radical (unpaired) electrons. The fourth-order valence-electron chi connectivity index (χ4n) is 4.01. The second-order valence-corrected chi connectivity index (χ2v) is 10.3. The van der Waals surface area contributed by atoms with Gasteiger partial charge in [-0.15, -0.1) is 11.8 Å². The first-order valence-corrected chi connectivity index (χ1v) is 11.5. The molecular weight excluding hydrogens is 388 g/mol. The monoisotopic (exact) mass is 416 g/mol. The van der Waals surface area contributed by atoms with E-state index in [-0.39, 0.29) is 5.41 Å². The third-order valence-corrected chi connectivity index (χ3v) is 7.34. The topological polar surface area (TPSA) is 37.3 Å². The highest BCUT2D eigenvalue weighted by molar-refractivity contribution is 8.08. The number of hydrogen-bond acceptors (Lipinski definition) is 2. The molecule has 30 heavy (non-hydrogen) atoms. The first kappa shape index (κ1) is 20.7. The zero-order valence-electron chi connectivity index (χ0n) is 18.0. The molecule has 3 heteroatoms. The lowest BCUT2D eigenvalue weighted by Gasteiger charge is -2.32. The molecule has 0 heterocycles. The van der Waals surface area contributed by atoms with Crippen LogP contribution in [0.25, 0.3) is 26.8 Å². The minimum Gasteiger partial charge on any atom is -0.478 e. The van der Waals surface area contributed by atoms with E-state index < -0.39 is 5.97 Å². The second-order valence-electron chi connectivity index (χ2n) is 9.20. The molecular formula is C27H28O2S. The molecule has 0 saturated heterocycles. The number of benzene rings is 3. The summed E-state index contributed by atoms with van der Waals surface area (Å²) in [5.41, 5.74) is 5.38. The van der Waals surface area contributed by atoms with E-state index in [4.69, 9.17) is 5.11 Å². The normalized spacial score (nSPS) is 15.2. The molecule has 0 fully saturated rings. The van der Waals surface area contributed by atoms with Crippen LogP contribution in [0.1, 0.15) is 55.6 Å². The Morgan fingerprint density at radius 3 is 2.37 bits per heavy atom. The Morgan fingerprint density at radius 1 is 1.00 bits per heavy atom. The Hall–Kier alpha value is -2.52. The highest BCUT2D eigenvalue weighted by atomic mass is 32.2. The molecule has 0 bridgehead atoms. The average molecular weight is 417 g/mol. The second kappa shape index (κ2) is 7.96. The summed E-state index contributed by atoms with van der Waals surface area (Å²) in [5, 5.41) is 11.6. The van der Waals surface area contributed by atoms with Gasteiger partial charge in [0, 0.05) is 10.7 Å². The summed E-state index contributed by atoms with van der Waals surface area (Å²) in [7, 11) is 0. The van der Waals surface area contributed by atoms with Crippen molar-refractivity contribution in [2.75, 3.05) is 5.75 Å². The predicted molar refractivity (Wildman–Crippen MR) is 129 cm³/mol. The number of fused-ring (bicyclic) bond motifs is 2. The van der Waals surface area contributed by atoms with Gasteiger partial charge < -0.3 is 5.11 Å². The fourth-order valence-corrected chi connectivity index (χ4v) is 5.05. The molecule has 0 spiro atoms. The van der Waals surface area contributed by atoms with Crippen LogP contribution >= 0.6 is 11.8 Å². The van der Waals surface area contributed by atoms with Crippen LogP contribution in [0.5, 0.6) is 0 Å². The van der Waals surface area contributed by atoms with E-state index in [2.05, 4.69) is 64.1 Å². The third-order valence-electron chi connectivity index (χ3n) is 5.81. The zero-order chi connectivity index (χ0) is 21.5. The van der Waals surface area contributed by atoms with Crippen LogP contribution in [-0.4, -0.2) is 16.8 Å². The summed E-state index contributed by atoms with van der Waals surface area (Å²) < 4.78 is 0. The minimum atomic E-state index is -0.896. The van der Waals surface area contributed by atoms with Crippen molar-refractivity contribution in [1.82, 2.24) is 0 Å². The Labute approximate surface area is 183 Å². The Morgan fingerprint density at radius 2 is 1.70 bits per heavy atom. The van der Waals surface area contributed by atoms with Crippen molar-refractivity contribution in [3.05, 3.63) is 77.4 Å². The molecule has 1 aliphatic carbocycles. The number of carboxylic acids is 1. The lowest BCUT2D eigenvalue weighted by Crippen LogP contribution is -2.21. The van der Waals surface area contributed by atoms with Gasteiger partial charge in [0.05, 0.1) is 5.56 Å².